The van der Waals surface area contributed by atoms with Gasteiger partial charge in [0.05, 0.1) is 7.05 Å². The van der Waals surface area contributed by atoms with Gasteiger partial charge in [0.2, 0.25) is 0 Å². The normalized spacial score (nSPS) is 13.1. The summed E-state index contributed by atoms with van der Waals surface area (Å²) in [6, 6.07) is 15.2. The van der Waals surface area contributed by atoms with Gasteiger partial charge < -0.3 is 10.2 Å². The van der Waals surface area contributed by atoms with Crippen molar-refractivity contribution in [1.82, 2.24) is 0 Å². The van der Waals surface area contributed by atoms with Crippen molar-refractivity contribution in [1.29, 1.82) is 0 Å². The quantitative estimate of drug-likeness (QED) is 0.592. The Morgan fingerprint density at radius 1 is 1.16 bits per heavy atom. The zero-order chi connectivity index (χ0) is 18.4. The van der Waals surface area contributed by atoms with Crippen molar-refractivity contribution in [2.45, 2.75) is 31.3 Å². The molecule has 0 radical (unpaired) electrons. The number of nitrogens with one attached hydrogen (secondary N) is 2. The van der Waals surface area contributed by atoms with Crippen LogP contribution in [-0.4, -0.2) is 31.0 Å². The van der Waals surface area contributed by atoms with E-state index in [-0.39, 0.29) is 17.7 Å². The number of rotatable bonds is 7. The maximum atomic E-state index is 12.5. The molecule has 1 unspecified atom stereocenters. The first-order valence-corrected chi connectivity index (χ1v) is 9.50. The molecule has 0 saturated heterocycles. The molecule has 2 atom stereocenters. The van der Waals surface area contributed by atoms with Gasteiger partial charge in [-0.25, -0.2) is 0 Å². The van der Waals surface area contributed by atoms with Gasteiger partial charge in [-0.05, 0) is 44.4 Å². The van der Waals surface area contributed by atoms with Crippen LogP contribution in [0.5, 0.6) is 0 Å². The number of benzene rings is 2. The maximum absolute atomic E-state index is 12.5. The van der Waals surface area contributed by atoms with E-state index in [1.807, 2.05) is 14.0 Å². The second kappa shape index (κ2) is 8.83. The van der Waals surface area contributed by atoms with Crippen molar-refractivity contribution < 1.29 is 14.5 Å². The Hall–Kier alpha value is -2.11. The van der Waals surface area contributed by atoms with Gasteiger partial charge in [0.1, 0.15) is 6.54 Å². The van der Waals surface area contributed by atoms with Crippen LogP contribution in [-0.2, 0) is 11.3 Å². The molecule has 0 saturated carbocycles. The average Bonchev–Trinajstić information content (AvgIpc) is 2.61. The van der Waals surface area contributed by atoms with Crippen LogP contribution in [0, 0.1) is 0 Å². The Labute approximate surface area is 153 Å². The summed E-state index contributed by atoms with van der Waals surface area (Å²) in [6.45, 7) is 4.20. The molecule has 0 aliphatic rings. The van der Waals surface area contributed by atoms with E-state index in [9.17, 15) is 9.59 Å². The fraction of sp³-hybridized carbons (Fsp3) is 0.300. The van der Waals surface area contributed by atoms with Gasteiger partial charge in [-0.3, -0.25) is 9.59 Å². The number of Topliss-reactive ketones (excluding diaryl/α,β-unsaturated/α-hetero) is 1. The van der Waals surface area contributed by atoms with Gasteiger partial charge >= 0.3 is 0 Å². The Kier molecular flexibility index (Phi) is 6.79. The van der Waals surface area contributed by atoms with Crippen LogP contribution >= 0.6 is 11.8 Å². The second-order valence-electron chi connectivity index (χ2n) is 6.22. The Morgan fingerprint density at radius 2 is 1.84 bits per heavy atom. The third-order valence-electron chi connectivity index (χ3n) is 4.31. The number of quaternary nitrogens is 1. The summed E-state index contributed by atoms with van der Waals surface area (Å²) in [5, 5.41) is 2.91. The lowest BCUT2D eigenvalue weighted by atomic mass is 10.1. The summed E-state index contributed by atoms with van der Waals surface area (Å²) in [6.07, 6.45) is 2.06. The zero-order valence-corrected chi connectivity index (χ0v) is 15.9. The summed E-state index contributed by atoms with van der Waals surface area (Å²) in [5.74, 6) is -0.0699. The minimum atomic E-state index is -0.207. The van der Waals surface area contributed by atoms with Gasteiger partial charge in [-0.15, -0.1) is 11.8 Å². The lowest BCUT2D eigenvalue weighted by Gasteiger charge is -2.21. The van der Waals surface area contributed by atoms with Crippen molar-refractivity contribution in [3.05, 3.63) is 59.7 Å². The Balaban J connectivity index is 1.98. The largest absolute Gasteiger partial charge is 0.324 e. The number of hydrogen-bond donors (Lipinski definition) is 2. The topological polar surface area (TPSA) is 50.6 Å². The molecule has 0 aliphatic heterocycles. The fourth-order valence-corrected chi connectivity index (χ4v) is 2.92. The third-order valence-corrected chi connectivity index (χ3v) is 5.05. The van der Waals surface area contributed by atoms with E-state index in [2.05, 4.69) is 35.8 Å². The Morgan fingerprint density at radius 3 is 2.44 bits per heavy atom. The predicted octanol–water partition coefficient (Wildman–Crippen LogP) is 2.65. The first kappa shape index (κ1) is 19.2. The lowest BCUT2D eigenvalue weighted by Crippen LogP contribution is -3.12. The van der Waals surface area contributed by atoms with E-state index in [0.717, 1.165) is 11.4 Å². The molecule has 0 heterocycles. The van der Waals surface area contributed by atoms with Crippen LogP contribution in [0.2, 0.25) is 0 Å². The monoisotopic (exact) mass is 357 g/mol. The fourth-order valence-electron chi connectivity index (χ4n) is 2.51. The maximum Gasteiger partial charge on any atom is 0.282 e. The molecule has 0 aromatic heterocycles. The van der Waals surface area contributed by atoms with Crippen molar-refractivity contribution in [2.75, 3.05) is 18.6 Å². The first-order chi connectivity index (χ1) is 11.9. The standard InChI is InChI=1S/C20H24N2O2S/c1-14(22(3)13-16-8-10-19(25-4)11-9-16)20(24)21-18-7-5-6-17(12-18)15(2)23/h5-12,14H,13H2,1-4H3,(H,21,24)/p+1/t14-/m1/s1. The summed E-state index contributed by atoms with van der Waals surface area (Å²) in [7, 11) is 2.01. The zero-order valence-electron chi connectivity index (χ0n) is 15.1. The highest BCUT2D eigenvalue weighted by molar-refractivity contribution is 7.98. The number of carbonyl (C=O) groups is 2. The van der Waals surface area contributed by atoms with E-state index in [1.54, 1.807) is 36.0 Å². The molecule has 2 aromatic rings. The Bertz CT molecular complexity index is 744. The molecule has 0 spiro atoms. The van der Waals surface area contributed by atoms with Gasteiger partial charge in [-0.2, -0.15) is 0 Å². The number of anilines is 1. The van der Waals surface area contributed by atoms with Crippen molar-refractivity contribution in [3.8, 4) is 0 Å². The minimum absolute atomic E-state index is 0.0134. The first-order valence-electron chi connectivity index (χ1n) is 8.28. The van der Waals surface area contributed by atoms with Crippen LogP contribution in [0.15, 0.2) is 53.4 Å². The molecule has 25 heavy (non-hydrogen) atoms. The van der Waals surface area contributed by atoms with E-state index in [0.29, 0.717) is 11.3 Å². The van der Waals surface area contributed by atoms with Crippen LogP contribution in [0.4, 0.5) is 5.69 Å². The van der Waals surface area contributed by atoms with E-state index < -0.39 is 0 Å². The molecule has 132 valence electrons. The highest BCUT2D eigenvalue weighted by atomic mass is 32.2. The molecular weight excluding hydrogens is 332 g/mol. The summed E-state index contributed by atoms with van der Waals surface area (Å²) in [5.41, 5.74) is 2.45. The highest BCUT2D eigenvalue weighted by Crippen LogP contribution is 2.14. The van der Waals surface area contributed by atoms with Crippen LogP contribution in [0.25, 0.3) is 0 Å². The number of thioether (sulfide) groups is 1. The third kappa shape index (κ3) is 5.44. The summed E-state index contributed by atoms with van der Waals surface area (Å²) in [4.78, 5) is 26.3. The minimum Gasteiger partial charge on any atom is -0.324 e. The number of ketones is 1. The van der Waals surface area contributed by atoms with Gasteiger partial charge in [0, 0.05) is 21.7 Å². The molecule has 2 rings (SSSR count). The average molecular weight is 357 g/mol. The van der Waals surface area contributed by atoms with Crippen molar-refractivity contribution >= 4 is 29.1 Å². The molecule has 0 aliphatic carbocycles. The smallest absolute Gasteiger partial charge is 0.282 e. The van der Waals surface area contributed by atoms with E-state index >= 15 is 0 Å². The van der Waals surface area contributed by atoms with E-state index in [4.69, 9.17) is 0 Å². The lowest BCUT2D eigenvalue weighted by molar-refractivity contribution is -0.907. The molecule has 0 fully saturated rings. The van der Waals surface area contributed by atoms with Crippen LogP contribution in [0.1, 0.15) is 29.8 Å². The van der Waals surface area contributed by atoms with Crippen molar-refractivity contribution in [3.63, 3.8) is 0 Å². The highest BCUT2D eigenvalue weighted by Gasteiger charge is 2.22. The van der Waals surface area contributed by atoms with Crippen LogP contribution in [0.3, 0.4) is 0 Å². The number of likely N-dealkylation sites (N-methyl/N-ethyl adjacent to an activating group) is 1. The van der Waals surface area contributed by atoms with Gasteiger partial charge in [-0.1, -0.05) is 24.3 Å². The molecule has 1 amide bonds. The number of hydrogen-bond acceptors (Lipinski definition) is 3. The molecule has 4 nitrogen and oxygen atoms in total. The molecular formula is C20H25N2O2S+. The predicted molar refractivity (Wildman–Crippen MR) is 103 cm³/mol. The summed E-state index contributed by atoms with van der Waals surface area (Å²) < 4.78 is 0. The van der Waals surface area contributed by atoms with E-state index in [1.165, 1.54) is 17.4 Å². The van der Waals surface area contributed by atoms with Crippen molar-refractivity contribution in [2.24, 2.45) is 0 Å². The molecule has 2 aromatic carbocycles. The molecule has 2 N–H and O–H groups in total. The molecule has 5 heteroatoms. The van der Waals surface area contributed by atoms with Gasteiger partial charge in [0.15, 0.2) is 11.8 Å². The van der Waals surface area contributed by atoms with Gasteiger partial charge in [0.25, 0.3) is 5.91 Å². The SMILES string of the molecule is CSc1ccc(C[NH+](C)[C@H](C)C(=O)Nc2cccc(C(C)=O)c2)cc1. The molecule has 0 bridgehead atoms. The number of amides is 1. The second-order valence-corrected chi connectivity index (χ2v) is 7.10. The van der Waals surface area contributed by atoms with Crippen LogP contribution < -0.4 is 10.2 Å². The summed E-state index contributed by atoms with van der Waals surface area (Å²) >= 11 is 1.72. The number of carbonyl (C=O) groups excluding carboxylic acids is 2.